The minimum absolute atomic E-state index is 0.0412. The van der Waals surface area contributed by atoms with Crippen molar-refractivity contribution in [2.24, 2.45) is 0 Å². The molecule has 5 rings (SSSR count). The predicted octanol–water partition coefficient (Wildman–Crippen LogP) is 6.62. The fourth-order valence-corrected chi connectivity index (χ4v) is 4.31. The van der Waals surface area contributed by atoms with Crippen LogP contribution in [0.5, 0.6) is 5.88 Å². The summed E-state index contributed by atoms with van der Waals surface area (Å²) in [4.78, 5) is 22.0. The molecule has 0 aliphatic heterocycles. The van der Waals surface area contributed by atoms with Gasteiger partial charge in [-0.1, -0.05) is 36.4 Å². The smallest absolute Gasteiger partial charge is 0.237 e. The maximum absolute atomic E-state index is 13.4. The van der Waals surface area contributed by atoms with Crippen LogP contribution < -0.4 is 15.5 Å². The van der Waals surface area contributed by atoms with Gasteiger partial charge in [0.2, 0.25) is 5.88 Å². The molecule has 180 valence electrons. The first-order chi connectivity index (χ1) is 17.5. The molecule has 3 aromatic heterocycles. The summed E-state index contributed by atoms with van der Waals surface area (Å²) in [7, 11) is 0. The molecule has 0 spiro atoms. The molecule has 0 aliphatic carbocycles. The Hall–Kier alpha value is -4.45. The molecule has 1 N–H and O–H groups in total. The van der Waals surface area contributed by atoms with Crippen LogP contribution in [0.3, 0.4) is 0 Å². The number of hydrogen-bond acceptors (Lipinski definition) is 6. The first kappa shape index (κ1) is 23.3. The van der Waals surface area contributed by atoms with Crippen LogP contribution >= 0.6 is 0 Å². The average Bonchev–Trinajstić information content (AvgIpc) is 2.91. The van der Waals surface area contributed by atoms with Crippen LogP contribution in [-0.4, -0.2) is 9.97 Å². The molecule has 5 aromatic rings. The van der Waals surface area contributed by atoms with Gasteiger partial charge in [0.25, 0.3) is 0 Å². The third kappa shape index (κ3) is 4.70. The topological polar surface area (TPSA) is 77.2 Å². The van der Waals surface area contributed by atoms with E-state index in [1.54, 1.807) is 25.5 Å². The van der Waals surface area contributed by atoms with Crippen molar-refractivity contribution in [3.63, 3.8) is 0 Å². The molecular weight excluding hydrogens is 450 g/mol. The fourth-order valence-electron chi connectivity index (χ4n) is 4.31. The Morgan fingerprint density at radius 3 is 2.58 bits per heavy atom. The molecule has 2 aromatic carbocycles. The lowest BCUT2D eigenvalue weighted by molar-refractivity contribution is 0.295. The lowest BCUT2D eigenvalue weighted by Gasteiger charge is -2.20. The van der Waals surface area contributed by atoms with Crippen molar-refractivity contribution in [1.82, 2.24) is 9.97 Å². The summed E-state index contributed by atoms with van der Waals surface area (Å²) >= 11 is 0. The summed E-state index contributed by atoms with van der Waals surface area (Å²) in [5.74, 6) is 1.05. The van der Waals surface area contributed by atoms with E-state index in [2.05, 4.69) is 15.3 Å². The maximum Gasteiger partial charge on any atom is 0.237 e. The molecule has 0 radical (unpaired) electrons. The summed E-state index contributed by atoms with van der Waals surface area (Å²) in [5, 5.41) is 4.08. The molecule has 0 unspecified atom stereocenters. The molecule has 0 saturated heterocycles. The quantitative estimate of drug-likeness (QED) is 0.284. The Bertz CT molecular complexity index is 1560. The first-order valence-electron chi connectivity index (χ1n) is 11.9. The highest BCUT2D eigenvalue weighted by molar-refractivity contribution is 5.84. The van der Waals surface area contributed by atoms with Crippen molar-refractivity contribution in [2.75, 3.05) is 5.32 Å². The first-order valence-corrected chi connectivity index (χ1v) is 11.9. The number of nitrogens with one attached hydrogen (secondary N) is 1. The molecule has 36 heavy (non-hydrogen) atoms. The van der Waals surface area contributed by atoms with E-state index in [-0.39, 0.29) is 11.5 Å². The van der Waals surface area contributed by atoms with E-state index in [9.17, 15) is 4.79 Å². The zero-order valence-electron chi connectivity index (χ0n) is 20.5. The van der Waals surface area contributed by atoms with Crippen molar-refractivity contribution in [2.45, 2.75) is 33.4 Å². The minimum Gasteiger partial charge on any atom is -0.471 e. The van der Waals surface area contributed by atoms with Crippen LogP contribution in [0.1, 0.15) is 35.2 Å². The molecule has 0 aliphatic rings. The second kappa shape index (κ2) is 10.0. The van der Waals surface area contributed by atoms with E-state index < -0.39 is 0 Å². The van der Waals surface area contributed by atoms with Gasteiger partial charge in [-0.3, -0.25) is 9.78 Å². The summed E-state index contributed by atoms with van der Waals surface area (Å²) in [6, 6.07) is 21.2. The van der Waals surface area contributed by atoms with Crippen LogP contribution in [0, 0.1) is 13.8 Å². The van der Waals surface area contributed by atoms with Gasteiger partial charge in [-0.25, -0.2) is 4.98 Å². The normalized spacial score (nSPS) is 11.9. The Labute approximate surface area is 209 Å². The van der Waals surface area contributed by atoms with Crippen LogP contribution in [-0.2, 0) is 6.61 Å². The third-order valence-electron chi connectivity index (χ3n) is 6.14. The van der Waals surface area contributed by atoms with Crippen LogP contribution in [0.2, 0.25) is 0 Å². The van der Waals surface area contributed by atoms with Gasteiger partial charge in [0, 0.05) is 35.3 Å². The van der Waals surface area contributed by atoms with Gasteiger partial charge in [-0.05, 0) is 62.2 Å². The molecule has 1 atom stereocenters. The number of benzene rings is 2. The van der Waals surface area contributed by atoms with Gasteiger partial charge in [-0.15, -0.1) is 0 Å². The van der Waals surface area contributed by atoms with E-state index in [0.717, 1.165) is 27.9 Å². The molecule has 6 heteroatoms. The van der Waals surface area contributed by atoms with E-state index >= 15 is 0 Å². The number of nitrogens with zero attached hydrogens (tertiary/aromatic N) is 2. The molecular formula is C30H27N3O3. The Morgan fingerprint density at radius 2 is 1.81 bits per heavy atom. The number of hydrogen-bond donors (Lipinski definition) is 1. The number of fused-ring (bicyclic) bond motifs is 1. The highest BCUT2D eigenvalue weighted by Gasteiger charge is 2.20. The van der Waals surface area contributed by atoms with Crippen molar-refractivity contribution in [3.05, 3.63) is 118 Å². The van der Waals surface area contributed by atoms with E-state index in [0.29, 0.717) is 34.8 Å². The highest BCUT2D eigenvalue weighted by atomic mass is 16.5. The molecule has 0 saturated carbocycles. The standard InChI is InChI=1S/C30H27N3O3/c1-19-15-24(29-25(16-19)27(34)20(2)28(36-29)23-11-7-13-31-17-23)21(3)33-26-12-8-14-32-30(26)35-18-22-9-5-4-6-10-22/h4-17,21,33H,18H2,1-3H3/t21-/m1/s1. The van der Waals surface area contributed by atoms with Gasteiger partial charge in [0.05, 0.1) is 17.1 Å². The summed E-state index contributed by atoms with van der Waals surface area (Å²) in [6.45, 7) is 6.23. The van der Waals surface area contributed by atoms with E-state index in [4.69, 9.17) is 9.15 Å². The van der Waals surface area contributed by atoms with Crippen LogP contribution in [0.15, 0.2) is 94.5 Å². The van der Waals surface area contributed by atoms with Gasteiger partial charge < -0.3 is 14.5 Å². The third-order valence-corrected chi connectivity index (χ3v) is 6.14. The van der Waals surface area contributed by atoms with E-state index in [1.807, 2.05) is 80.6 Å². The van der Waals surface area contributed by atoms with Crippen LogP contribution in [0.25, 0.3) is 22.3 Å². The van der Waals surface area contributed by atoms with Crippen molar-refractivity contribution >= 4 is 16.7 Å². The average molecular weight is 478 g/mol. The van der Waals surface area contributed by atoms with Crippen molar-refractivity contribution < 1.29 is 9.15 Å². The molecule has 0 bridgehead atoms. The number of aryl methyl sites for hydroxylation is 1. The number of rotatable bonds is 7. The highest BCUT2D eigenvalue weighted by Crippen LogP contribution is 2.33. The largest absolute Gasteiger partial charge is 0.471 e. The zero-order valence-corrected chi connectivity index (χ0v) is 20.5. The fraction of sp³-hybridized carbons (Fsp3) is 0.167. The van der Waals surface area contributed by atoms with Gasteiger partial charge in [-0.2, -0.15) is 0 Å². The van der Waals surface area contributed by atoms with Crippen LogP contribution in [0.4, 0.5) is 5.69 Å². The molecule has 3 heterocycles. The predicted molar refractivity (Wildman–Crippen MR) is 142 cm³/mol. The number of ether oxygens (including phenoxy) is 1. The molecule has 0 amide bonds. The summed E-state index contributed by atoms with van der Waals surface area (Å²) < 4.78 is 12.4. The number of anilines is 1. The summed E-state index contributed by atoms with van der Waals surface area (Å²) in [5.41, 5.74) is 5.54. The maximum atomic E-state index is 13.4. The van der Waals surface area contributed by atoms with Gasteiger partial charge >= 0.3 is 0 Å². The number of aromatic nitrogens is 2. The van der Waals surface area contributed by atoms with E-state index in [1.165, 1.54) is 0 Å². The lowest BCUT2D eigenvalue weighted by atomic mass is 9.99. The SMILES string of the molecule is Cc1cc([C@@H](C)Nc2cccnc2OCc2ccccc2)c2oc(-c3cccnc3)c(C)c(=O)c2c1. The molecule has 6 nitrogen and oxygen atoms in total. The summed E-state index contributed by atoms with van der Waals surface area (Å²) in [6.07, 6.45) is 5.11. The lowest BCUT2D eigenvalue weighted by Crippen LogP contribution is -2.13. The number of pyridine rings is 2. The zero-order chi connectivity index (χ0) is 25.1. The Morgan fingerprint density at radius 1 is 1.00 bits per heavy atom. The van der Waals surface area contributed by atoms with Gasteiger partial charge in [0.15, 0.2) is 5.43 Å². The minimum atomic E-state index is -0.191. The Balaban J connectivity index is 1.52. The van der Waals surface area contributed by atoms with Crippen molar-refractivity contribution in [1.29, 1.82) is 0 Å². The second-order valence-corrected chi connectivity index (χ2v) is 8.85. The Kier molecular flexibility index (Phi) is 6.50. The van der Waals surface area contributed by atoms with Crippen molar-refractivity contribution in [3.8, 4) is 17.2 Å². The monoisotopic (exact) mass is 477 g/mol. The second-order valence-electron chi connectivity index (χ2n) is 8.85. The van der Waals surface area contributed by atoms with Gasteiger partial charge in [0.1, 0.15) is 18.0 Å². The molecule has 0 fully saturated rings.